The van der Waals surface area contributed by atoms with Gasteiger partial charge in [-0.3, -0.25) is 4.98 Å². The highest BCUT2D eigenvalue weighted by Gasteiger charge is 2.35. The second-order valence-corrected chi connectivity index (χ2v) is 8.41. The fraction of sp³-hybridized carbons (Fsp3) is 0.435. The normalized spacial score (nSPS) is 17.3. The molecule has 1 unspecified atom stereocenters. The maximum absolute atomic E-state index is 12.5. The van der Waals surface area contributed by atoms with E-state index in [2.05, 4.69) is 10.3 Å². The second-order valence-electron chi connectivity index (χ2n) is 8.41. The van der Waals surface area contributed by atoms with E-state index in [1.165, 1.54) is 0 Å². The molecule has 1 aromatic carbocycles. The Morgan fingerprint density at radius 3 is 2.57 bits per heavy atom. The van der Waals surface area contributed by atoms with Gasteiger partial charge in [-0.15, -0.1) is 0 Å². The van der Waals surface area contributed by atoms with Gasteiger partial charge in [-0.25, -0.2) is 9.59 Å². The van der Waals surface area contributed by atoms with Gasteiger partial charge in [0, 0.05) is 25.2 Å². The summed E-state index contributed by atoms with van der Waals surface area (Å²) in [5, 5.41) is 2.95. The average molecular weight is 412 g/mol. The molecular formula is C23H29N3O4. The van der Waals surface area contributed by atoms with Crippen LogP contribution in [0.25, 0.3) is 0 Å². The van der Waals surface area contributed by atoms with Crippen LogP contribution in [0.2, 0.25) is 0 Å². The summed E-state index contributed by atoms with van der Waals surface area (Å²) in [6.45, 7) is 6.75. The summed E-state index contributed by atoms with van der Waals surface area (Å²) in [6, 6.07) is 14.8. The van der Waals surface area contributed by atoms with E-state index in [0.717, 1.165) is 17.7 Å². The highest BCUT2D eigenvalue weighted by atomic mass is 16.6. The van der Waals surface area contributed by atoms with Gasteiger partial charge in [0.05, 0.1) is 11.7 Å². The highest BCUT2D eigenvalue weighted by molar-refractivity contribution is 5.69. The van der Waals surface area contributed by atoms with Crippen LogP contribution in [0.15, 0.2) is 54.7 Å². The maximum Gasteiger partial charge on any atom is 0.410 e. The fourth-order valence-corrected chi connectivity index (χ4v) is 3.46. The Bertz CT molecular complexity index is 837. The number of nitrogens with one attached hydrogen (secondary N) is 1. The highest BCUT2D eigenvalue weighted by Crippen LogP contribution is 2.30. The van der Waals surface area contributed by atoms with Crippen molar-refractivity contribution >= 4 is 12.2 Å². The Morgan fingerprint density at radius 1 is 1.17 bits per heavy atom. The number of rotatable bonds is 5. The van der Waals surface area contributed by atoms with Gasteiger partial charge >= 0.3 is 12.2 Å². The zero-order valence-electron chi connectivity index (χ0n) is 17.7. The van der Waals surface area contributed by atoms with Crippen molar-refractivity contribution in [2.75, 3.05) is 13.1 Å². The Labute approximate surface area is 177 Å². The number of ether oxygens (including phenoxy) is 2. The van der Waals surface area contributed by atoms with Crippen molar-refractivity contribution in [2.24, 2.45) is 5.92 Å². The number of aromatic nitrogens is 1. The molecule has 2 heterocycles. The smallest absolute Gasteiger partial charge is 0.410 e. The Morgan fingerprint density at radius 2 is 1.90 bits per heavy atom. The number of pyridine rings is 1. The predicted octanol–water partition coefficient (Wildman–Crippen LogP) is 4.31. The Balaban J connectivity index is 1.63. The van der Waals surface area contributed by atoms with Crippen LogP contribution in [0.1, 0.15) is 44.5 Å². The number of carbonyl (C=O) groups excluding carboxylic acids is 2. The number of amides is 2. The molecule has 2 atom stereocenters. The van der Waals surface area contributed by atoms with Gasteiger partial charge in [0.1, 0.15) is 12.2 Å². The monoisotopic (exact) mass is 411 g/mol. The van der Waals surface area contributed by atoms with E-state index in [-0.39, 0.29) is 24.7 Å². The van der Waals surface area contributed by atoms with E-state index in [1.807, 2.05) is 69.3 Å². The zero-order chi connectivity index (χ0) is 21.6. The van der Waals surface area contributed by atoms with Crippen molar-refractivity contribution in [3.05, 3.63) is 66.0 Å². The van der Waals surface area contributed by atoms with E-state index >= 15 is 0 Å². The number of likely N-dealkylation sites (tertiary alicyclic amines) is 1. The molecule has 1 N–H and O–H groups in total. The van der Waals surface area contributed by atoms with Crippen LogP contribution >= 0.6 is 0 Å². The number of nitrogens with zero attached hydrogens (tertiary/aromatic N) is 2. The van der Waals surface area contributed by atoms with Crippen LogP contribution in [0, 0.1) is 5.92 Å². The SMILES string of the molecule is CC(C)(C)OC(=O)N[C@@H](c1ccccn1)C1CCN(C(=O)OCc2ccccc2)C1. The first-order valence-corrected chi connectivity index (χ1v) is 10.2. The van der Waals surface area contributed by atoms with Crippen molar-refractivity contribution in [2.45, 2.75) is 45.4 Å². The standard InChI is InChI=1S/C23H29N3O4/c1-23(2,3)30-21(27)25-20(19-11-7-8-13-24-19)18-12-14-26(15-18)22(28)29-16-17-9-5-4-6-10-17/h4-11,13,18,20H,12,14-16H2,1-3H3,(H,25,27)/t18?,20-/m1/s1. The summed E-state index contributed by atoms with van der Waals surface area (Å²) in [7, 11) is 0. The summed E-state index contributed by atoms with van der Waals surface area (Å²) in [5.74, 6) is 0.0108. The number of hydrogen-bond acceptors (Lipinski definition) is 5. The van der Waals surface area contributed by atoms with Crippen LogP contribution in [-0.2, 0) is 16.1 Å². The molecule has 0 spiro atoms. The number of alkyl carbamates (subject to hydrolysis) is 1. The molecule has 1 aliphatic rings. The molecule has 0 saturated carbocycles. The molecule has 7 heteroatoms. The van der Waals surface area contributed by atoms with Gasteiger partial charge < -0.3 is 19.7 Å². The average Bonchev–Trinajstić information content (AvgIpc) is 3.20. The van der Waals surface area contributed by atoms with Gasteiger partial charge in [0.2, 0.25) is 0 Å². The van der Waals surface area contributed by atoms with Crippen LogP contribution in [0.3, 0.4) is 0 Å². The molecule has 1 saturated heterocycles. The summed E-state index contributed by atoms with van der Waals surface area (Å²) in [4.78, 5) is 31.0. The molecule has 1 fully saturated rings. The summed E-state index contributed by atoms with van der Waals surface area (Å²) in [6.07, 6.45) is 1.58. The Hall–Kier alpha value is -3.09. The van der Waals surface area contributed by atoms with E-state index in [4.69, 9.17) is 9.47 Å². The molecule has 1 aromatic heterocycles. The van der Waals surface area contributed by atoms with Gasteiger partial charge in [0.15, 0.2) is 0 Å². The lowest BCUT2D eigenvalue weighted by Gasteiger charge is -2.27. The lowest BCUT2D eigenvalue weighted by atomic mass is 9.95. The molecule has 0 bridgehead atoms. The lowest BCUT2D eigenvalue weighted by Crippen LogP contribution is -2.39. The molecule has 3 rings (SSSR count). The maximum atomic E-state index is 12.5. The third kappa shape index (κ3) is 6.20. The molecule has 2 aromatic rings. The second kappa shape index (κ2) is 9.61. The van der Waals surface area contributed by atoms with Crippen LogP contribution in [0.4, 0.5) is 9.59 Å². The minimum Gasteiger partial charge on any atom is -0.445 e. The molecule has 0 radical (unpaired) electrons. The largest absolute Gasteiger partial charge is 0.445 e. The first-order valence-electron chi connectivity index (χ1n) is 10.2. The van der Waals surface area contributed by atoms with E-state index in [9.17, 15) is 9.59 Å². The minimum absolute atomic E-state index is 0.0108. The molecular weight excluding hydrogens is 382 g/mol. The van der Waals surface area contributed by atoms with Gasteiger partial charge in [-0.05, 0) is 44.9 Å². The number of benzene rings is 1. The van der Waals surface area contributed by atoms with E-state index in [1.54, 1.807) is 11.1 Å². The third-order valence-corrected chi connectivity index (χ3v) is 4.84. The van der Waals surface area contributed by atoms with Crippen molar-refractivity contribution < 1.29 is 19.1 Å². The Kier molecular flexibility index (Phi) is 6.92. The molecule has 7 nitrogen and oxygen atoms in total. The molecule has 0 aliphatic carbocycles. The summed E-state index contributed by atoms with van der Waals surface area (Å²) < 4.78 is 10.9. The zero-order valence-corrected chi connectivity index (χ0v) is 17.7. The first-order chi connectivity index (χ1) is 14.3. The molecule has 1 aliphatic heterocycles. The molecule has 2 amide bonds. The third-order valence-electron chi connectivity index (χ3n) is 4.84. The van der Waals surface area contributed by atoms with Crippen LogP contribution < -0.4 is 5.32 Å². The number of carbonyl (C=O) groups is 2. The quantitative estimate of drug-likeness (QED) is 0.793. The van der Waals surface area contributed by atoms with E-state index in [0.29, 0.717) is 13.1 Å². The predicted molar refractivity (Wildman–Crippen MR) is 113 cm³/mol. The summed E-state index contributed by atoms with van der Waals surface area (Å²) in [5.41, 5.74) is 1.09. The molecule has 160 valence electrons. The van der Waals surface area contributed by atoms with Crippen molar-refractivity contribution in [3.63, 3.8) is 0 Å². The van der Waals surface area contributed by atoms with Crippen molar-refractivity contribution in [1.29, 1.82) is 0 Å². The van der Waals surface area contributed by atoms with Gasteiger partial charge in [-0.2, -0.15) is 0 Å². The fourth-order valence-electron chi connectivity index (χ4n) is 3.46. The number of hydrogen-bond donors (Lipinski definition) is 1. The van der Waals surface area contributed by atoms with Crippen molar-refractivity contribution in [3.8, 4) is 0 Å². The lowest BCUT2D eigenvalue weighted by molar-refractivity contribution is 0.0483. The summed E-state index contributed by atoms with van der Waals surface area (Å²) >= 11 is 0. The van der Waals surface area contributed by atoms with E-state index < -0.39 is 11.7 Å². The first kappa shape index (κ1) is 21.6. The van der Waals surface area contributed by atoms with Gasteiger partial charge in [-0.1, -0.05) is 36.4 Å². The van der Waals surface area contributed by atoms with Crippen LogP contribution in [-0.4, -0.2) is 40.8 Å². The minimum atomic E-state index is -0.596. The van der Waals surface area contributed by atoms with Gasteiger partial charge in [0.25, 0.3) is 0 Å². The molecule has 30 heavy (non-hydrogen) atoms. The van der Waals surface area contributed by atoms with Crippen molar-refractivity contribution in [1.82, 2.24) is 15.2 Å². The topological polar surface area (TPSA) is 80.8 Å². The van der Waals surface area contributed by atoms with Crippen LogP contribution in [0.5, 0.6) is 0 Å².